The van der Waals surface area contributed by atoms with Gasteiger partial charge >= 0.3 is 0 Å². The van der Waals surface area contributed by atoms with Crippen molar-refractivity contribution in [3.05, 3.63) is 29.8 Å². The van der Waals surface area contributed by atoms with Crippen LogP contribution in [0, 0.1) is 0 Å². The van der Waals surface area contributed by atoms with Gasteiger partial charge in [0.05, 0.1) is 12.2 Å². The quantitative estimate of drug-likeness (QED) is 0.897. The predicted octanol–water partition coefficient (Wildman–Crippen LogP) is 2.51. The van der Waals surface area contributed by atoms with E-state index in [9.17, 15) is 4.79 Å². The van der Waals surface area contributed by atoms with Crippen LogP contribution in [0.3, 0.4) is 0 Å². The van der Waals surface area contributed by atoms with Crippen molar-refractivity contribution in [1.82, 2.24) is 5.32 Å². The Bertz CT molecular complexity index is 432. The molecule has 0 unspecified atom stereocenters. The Kier molecular flexibility index (Phi) is 6.82. The zero-order chi connectivity index (χ0) is 13.7. The van der Waals surface area contributed by atoms with Gasteiger partial charge in [-0.15, -0.1) is 12.4 Å². The third-order valence-electron chi connectivity index (χ3n) is 3.54. The van der Waals surface area contributed by atoms with Crippen molar-refractivity contribution in [2.45, 2.75) is 44.7 Å². The van der Waals surface area contributed by atoms with Gasteiger partial charge in [-0.05, 0) is 44.7 Å². The van der Waals surface area contributed by atoms with E-state index in [-0.39, 0.29) is 24.4 Å². The van der Waals surface area contributed by atoms with Crippen LogP contribution < -0.4 is 15.8 Å². The summed E-state index contributed by atoms with van der Waals surface area (Å²) in [6.45, 7) is 2.47. The van der Waals surface area contributed by atoms with E-state index in [4.69, 9.17) is 10.5 Å². The molecular formula is C15H23ClN2O2. The fraction of sp³-hybridized carbons (Fsp3) is 0.533. The minimum absolute atomic E-state index is 0. The molecule has 4 nitrogen and oxygen atoms in total. The number of ether oxygens (including phenoxy) is 1. The summed E-state index contributed by atoms with van der Waals surface area (Å²) in [5.41, 5.74) is 6.48. The lowest BCUT2D eigenvalue weighted by molar-refractivity contribution is 0.0922. The monoisotopic (exact) mass is 298 g/mol. The van der Waals surface area contributed by atoms with Crippen LogP contribution in [0.5, 0.6) is 5.75 Å². The molecule has 2 rings (SSSR count). The number of benzene rings is 1. The molecule has 1 fully saturated rings. The molecule has 0 radical (unpaired) electrons. The Morgan fingerprint density at radius 1 is 1.30 bits per heavy atom. The van der Waals surface area contributed by atoms with Crippen molar-refractivity contribution >= 4 is 18.3 Å². The number of carbonyl (C=O) groups is 1. The SMILES string of the molecule is CCOc1ccccc1C(=O)NC1CCC(N)CC1.Cl. The zero-order valence-corrected chi connectivity index (χ0v) is 12.6. The summed E-state index contributed by atoms with van der Waals surface area (Å²) in [6.07, 6.45) is 3.89. The number of para-hydroxylation sites is 1. The van der Waals surface area contributed by atoms with E-state index in [1.54, 1.807) is 6.07 Å². The summed E-state index contributed by atoms with van der Waals surface area (Å²) in [5.74, 6) is 0.597. The summed E-state index contributed by atoms with van der Waals surface area (Å²) >= 11 is 0. The van der Waals surface area contributed by atoms with Gasteiger partial charge in [-0.3, -0.25) is 4.79 Å². The van der Waals surface area contributed by atoms with Crippen molar-refractivity contribution in [2.75, 3.05) is 6.61 Å². The molecule has 0 atom stereocenters. The summed E-state index contributed by atoms with van der Waals surface area (Å²) in [7, 11) is 0. The number of halogens is 1. The van der Waals surface area contributed by atoms with Crippen LogP contribution in [0.15, 0.2) is 24.3 Å². The molecule has 1 aliphatic carbocycles. The number of amides is 1. The molecule has 0 aromatic heterocycles. The van der Waals surface area contributed by atoms with E-state index in [0.717, 1.165) is 25.7 Å². The Morgan fingerprint density at radius 2 is 1.95 bits per heavy atom. The number of hydrogen-bond acceptors (Lipinski definition) is 3. The molecular weight excluding hydrogens is 276 g/mol. The highest BCUT2D eigenvalue weighted by molar-refractivity contribution is 5.97. The fourth-order valence-electron chi connectivity index (χ4n) is 2.46. The number of nitrogens with one attached hydrogen (secondary N) is 1. The van der Waals surface area contributed by atoms with Crippen molar-refractivity contribution in [2.24, 2.45) is 5.73 Å². The first-order chi connectivity index (χ1) is 9.20. The molecule has 1 aromatic carbocycles. The molecule has 0 aliphatic heterocycles. The van der Waals surface area contributed by atoms with Crippen LogP contribution in [0.2, 0.25) is 0 Å². The molecule has 20 heavy (non-hydrogen) atoms. The third kappa shape index (κ3) is 4.39. The Morgan fingerprint density at radius 3 is 2.60 bits per heavy atom. The second kappa shape index (κ2) is 8.12. The number of hydrogen-bond donors (Lipinski definition) is 2. The van der Waals surface area contributed by atoms with Gasteiger partial charge in [0.2, 0.25) is 0 Å². The van der Waals surface area contributed by atoms with E-state index in [0.29, 0.717) is 24.0 Å². The standard InChI is InChI=1S/C15H22N2O2.ClH/c1-2-19-14-6-4-3-5-13(14)15(18)17-12-9-7-11(16)8-10-12;/h3-6,11-12H,2,7-10,16H2,1H3,(H,17,18);1H. The van der Waals surface area contributed by atoms with Gasteiger partial charge < -0.3 is 15.8 Å². The van der Waals surface area contributed by atoms with Crippen LogP contribution in [0.4, 0.5) is 0 Å². The van der Waals surface area contributed by atoms with Crippen molar-refractivity contribution in [3.8, 4) is 5.75 Å². The van der Waals surface area contributed by atoms with Gasteiger partial charge in [0.25, 0.3) is 5.91 Å². The molecule has 0 spiro atoms. The van der Waals surface area contributed by atoms with Crippen molar-refractivity contribution in [1.29, 1.82) is 0 Å². The highest BCUT2D eigenvalue weighted by Crippen LogP contribution is 2.20. The first-order valence-electron chi connectivity index (χ1n) is 6.99. The van der Waals surface area contributed by atoms with Crippen LogP contribution in [0.1, 0.15) is 43.0 Å². The van der Waals surface area contributed by atoms with Crippen LogP contribution in [0.25, 0.3) is 0 Å². The highest BCUT2D eigenvalue weighted by Gasteiger charge is 2.21. The molecule has 5 heteroatoms. The molecule has 1 aliphatic rings. The van der Waals surface area contributed by atoms with Gasteiger partial charge in [0, 0.05) is 12.1 Å². The van der Waals surface area contributed by atoms with E-state index >= 15 is 0 Å². The summed E-state index contributed by atoms with van der Waals surface area (Å²) in [4.78, 5) is 12.3. The lowest BCUT2D eigenvalue weighted by Gasteiger charge is -2.27. The summed E-state index contributed by atoms with van der Waals surface area (Å²) in [6, 6.07) is 7.89. The molecule has 0 heterocycles. The minimum atomic E-state index is -0.0514. The Hall–Kier alpha value is -1.26. The summed E-state index contributed by atoms with van der Waals surface area (Å²) < 4.78 is 5.48. The van der Waals surface area contributed by atoms with E-state index in [1.807, 2.05) is 25.1 Å². The smallest absolute Gasteiger partial charge is 0.255 e. The number of carbonyl (C=O) groups excluding carboxylic acids is 1. The predicted molar refractivity (Wildman–Crippen MR) is 82.6 cm³/mol. The topological polar surface area (TPSA) is 64.3 Å². The molecule has 3 N–H and O–H groups in total. The lowest BCUT2D eigenvalue weighted by atomic mass is 9.91. The molecule has 1 saturated carbocycles. The Labute approximate surface area is 126 Å². The molecule has 1 amide bonds. The summed E-state index contributed by atoms with van der Waals surface area (Å²) in [5, 5.41) is 3.08. The van der Waals surface area contributed by atoms with Gasteiger partial charge in [-0.25, -0.2) is 0 Å². The first-order valence-corrected chi connectivity index (χ1v) is 6.99. The number of nitrogens with two attached hydrogens (primary N) is 1. The largest absolute Gasteiger partial charge is 0.493 e. The maximum absolute atomic E-state index is 12.3. The van der Waals surface area contributed by atoms with Gasteiger partial charge in [-0.1, -0.05) is 12.1 Å². The fourth-order valence-corrected chi connectivity index (χ4v) is 2.46. The lowest BCUT2D eigenvalue weighted by Crippen LogP contribution is -2.40. The highest BCUT2D eigenvalue weighted by atomic mass is 35.5. The van der Waals surface area contributed by atoms with E-state index in [2.05, 4.69) is 5.32 Å². The third-order valence-corrected chi connectivity index (χ3v) is 3.54. The minimum Gasteiger partial charge on any atom is -0.493 e. The molecule has 0 bridgehead atoms. The average Bonchev–Trinajstić information content (AvgIpc) is 2.42. The molecule has 112 valence electrons. The first kappa shape index (κ1) is 16.8. The van der Waals surface area contributed by atoms with Crippen molar-refractivity contribution < 1.29 is 9.53 Å². The average molecular weight is 299 g/mol. The second-order valence-corrected chi connectivity index (χ2v) is 5.01. The number of rotatable bonds is 4. The van der Waals surface area contributed by atoms with Gasteiger partial charge in [0.1, 0.15) is 5.75 Å². The maximum Gasteiger partial charge on any atom is 0.255 e. The van der Waals surface area contributed by atoms with Gasteiger partial charge in [0.15, 0.2) is 0 Å². The van der Waals surface area contributed by atoms with Crippen molar-refractivity contribution in [3.63, 3.8) is 0 Å². The maximum atomic E-state index is 12.3. The second-order valence-electron chi connectivity index (χ2n) is 5.01. The Balaban J connectivity index is 0.00000200. The van der Waals surface area contributed by atoms with Crippen LogP contribution in [-0.2, 0) is 0 Å². The normalized spacial score (nSPS) is 21.7. The zero-order valence-electron chi connectivity index (χ0n) is 11.8. The van der Waals surface area contributed by atoms with Crippen LogP contribution in [-0.4, -0.2) is 24.6 Å². The van der Waals surface area contributed by atoms with E-state index in [1.165, 1.54) is 0 Å². The molecule has 1 aromatic rings. The van der Waals surface area contributed by atoms with Crippen LogP contribution >= 0.6 is 12.4 Å². The van der Waals surface area contributed by atoms with E-state index < -0.39 is 0 Å². The molecule has 0 saturated heterocycles. The van der Waals surface area contributed by atoms with Gasteiger partial charge in [-0.2, -0.15) is 0 Å².